The van der Waals surface area contributed by atoms with Crippen LogP contribution in [-0.2, 0) is 0 Å². The lowest BCUT2D eigenvalue weighted by molar-refractivity contribution is 0.397. The van der Waals surface area contributed by atoms with Gasteiger partial charge in [0.1, 0.15) is 0 Å². The van der Waals surface area contributed by atoms with Crippen LogP contribution in [0.3, 0.4) is 0 Å². The molecular weight excluding hydrogens is 202 g/mol. The van der Waals surface area contributed by atoms with E-state index in [2.05, 4.69) is 20.2 Å². The molecule has 0 aromatic carbocycles. The number of ether oxygens (including phenoxy) is 1. The number of rotatable bonds is 2. The van der Waals surface area contributed by atoms with E-state index in [4.69, 9.17) is 10.5 Å². The van der Waals surface area contributed by atoms with Crippen molar-refractivity contribution in [1.82, 2.24) is 20.2 Å². The lowest BCUT2D eigenvalue weighted by atomic mass is 10.4. The summed E-state index contributed by atoms with van der Waals surface area (Å²) >= 11 is 1.24. The summed E-state index contributed by atoms with van der Waals surface area (Å²) in [5.74, 6) is 0.420. The Labute approximate surface area is 83.8 Å². The lowest BCUT2D eigenvalue weighted by Gasteiger charge is -2.00. The van der Waals surface area contributed by atoms with Crippen molar-refractivity contribution in [1.29, 1.82) is 0 Å². The van der Waals surface area contributed by atoms with Gasteiger partial charge in [-0.3, -0.25) is 0 Å². The van der Waals surface area contributed by atoms with Gasteiger partial charge in [-0.2, -0.15) is 0 Å². The van der Waals surface area contributed by atoms with E-state index >= 15 is 0 Å². The van der Waals surface area contributed by atoms with Gasteiger partial charge in [0.15, 0.2) is 10.7 Å². The normalized spacial score (nSPS) is 10.1. The molecule has 0 fully saturated rings. The van der Waals surface area contributed by atoms with Crippen LogP contribution >= 0.6 is 11.3 Å². The number of hydrogen-bond donors (Lipinski definition) is 1. The second kappa shape index (κ2) is 3.54. The van der Waals surface area contributed by atoms with Gasteiger partial charge in [0.05, 0.1) is 7.11 Å². The van der Waals surface area contributed by atoms with Crippen LogP contribution in [0.5, 0.6) is 5.88 Å². The van der Waals surface area contributed by atoms with Crippen LogP contribution in [0.1, 0.15) is 0 Å². The molecule has 0 spiro atoms. The van der Waals surface area contributed by atoms with E-state index in [1.165, 1.54) is 18.4 Å². The molecule has 2 rings (SSSR count). The maximum absolute atomic E-state index is 5.46. The molecule has 14 heavy (non-hydrogen) atoms. The fourth-order valence-corrected chi connectivity index (χ4v) is 1.55. The number of hydrogen-bond acceptors (Lipinski definition) is 7. The first-order valence-electron chi connectivity index (χ1n) is 3.75. The molecule has 6 nitrogen and oxygen atoms in total. The fraction of sp³-hybridized carbons (Fsp3) is 0.143. The number of nitrogens with two attached hydrogens (primary N) is 1. The van der Waals surface area contributed by atoms with Gasteiger partial charge in [-0.15, -0.1) is 10.2 Å². The summed E-state index contributed by atoms with van der Waals surface area (Å²) in [5.41, 5.74) is 6.02. The molecule has 72 valence electrons. The molecule has 0 saturated carbocycles. The molecule has 0 radical (unpaired) electrons. The minimum atomic E-state index is 0.396. The summed E-state index contributed by atoms with van der Waals surface area (Å²) in [4.78, 5) is 8.09. The third-order valence-corrected chi connectivity index (χ3v) is 2.26. The predicted molar refractivity (Wildman–Crippen MR) is 51.9 cm³/mol. The molecule has 2 aromatic rings. The number of anilines is 1. The molecule has 2 aromatic heterocycles. The first-order valence-corrected chi connectivity index (χ1v) is 4.57. The van der Waals surface area contributed by atoms with Gasteiger partial charge in [-0.05, 0) is 0 Å². The van der Waals surface area contributed by atoms with Gasteiger partial charge in [0.25, 0.3) is 0 Å². The molecule has 0 aliphatic carbocycles. The van der Waals surface area contributed by atoms with Crippen LogP contribution < -0.4 is 10.5 Å². The summed E-state index contributed by atoms with van der Waals surface area (Å²) in [5, 5.41) is 8.55. The molecular formula is C7H7N5OS. The number of nitrogen functional groups attached to an aromatic ring is 1. The van der Waals surface area contributed by atoms with Gasteiger partial charge in [0, 0.05) is 12.4 Å². The highest BCUT2D eigenvalue weighted by Crippen LogP contribution is 2.28. The minimum absolute atomic E-state index is 0.396. The van der Waals surface area contributed by atoms with Gasteiger partial charge in [-0.1, -0.05) is 11.3 Å². The second-order valence-corrected chi connectivity index (χ2v) is 3.37. The van der Waals surface area contributed by atoms with Crippen LogP contribution in [-0.4, -0.2) is 27.3 Å². The van der Waals surface area contributed by atoms with Crippen LogP contribution in [0.4, 0.5) is 5.13 Å². The summed E-state index contributed by atoms with van der Waals surface area (Å²) in [7, 11) is 1.53. The highest BCUT2D eigenvalue weighted by atomic mass is 32.1. The summed E-state index contributed by atoms with van der Waals surface area (Å²) in [6.07, 6.45) is 3.11. The van der Waals surface area contributed by atoms with Crippen LogP contribution in [0, 0.1) is 0 Å². The molecule has 0 aliphatic heterocycles. The first kappa shape index (κ1) is 8.82. The molecule has 0 aliphatic rings. The summed E-state index contributed by atoms with van der Waals surface area (Å²) in [6, 6.07) is 0. The topological polar surface area (TPSA) is 86.8 Å². The Hall–Kier alpha value is -1.76. The first-order chi connectivity index (χ1) is 6.81. The van der Waals surface area contributed by atoms with E-state index in [0.717, 1.165) is 0 Å². The fourth-order valence-electron chi connectivity index (χ4n) is 0.952. The van der Waals surface area contributed by atoms with Crippen molar-refractivity contribution in [2.75, 3.05) is 12.8 Å². The average molecular weight is 209 g/mol. The van der Waals surface area contributed by atoms with E-state index in [0.29, 0.717) is 21.7 Å². The molecule has 0 saturated heterocycles. The Morgan fingerprint density at radius 1 is 1.29 bits per heavy atom. The zero-order valence-electron chi connectivity index (χ0n) is 7.34. The zero-order valence-corrected chi connectivity index (χ0v) is 8.15. The van der Waals surface area contributed by atoms with E-state index in [-0.39, 0.29) is 0 Å². The zero-order chi connectivity index (χ0) is 9.97. The maximum atomic E-state index is 5.46. The molecule has 0 atom stereocenters. The lowest BCUT2D eigenvalue weighted by Crippen LogP contribution is -1.93. The SMILES string of the molecule is COc1nccnc1-c1nnc(N)s1. The monoisotopic (exact) mass is 209 g/mol. The van der Waals surface area contributed by atoms with E-state index in [9.17, 15) is 0 Å². The Morgan fingerprint density at radius 3 is 2.71 bits per heavy atom. The van der Waals surface area contributed by atoms with Gasteiger partial charge < -0.3 is 10.5 Å². The molecule has 2 heterocycles. The van der Waals surface area contributed by atoms with Gasteiger partial charge in [-0.25, -0.2) is 9.97 Å². The molecule has 7 heteroatoms. The highest BCUT2D eigenvalue weighted by molar-refractivity contribution is 7.18. The highest BCUT2D eigenvalue weighted by Gasteiger charge is 2.12. The Morgan fingerprint density at radius 2 is 2.07 bits per heavy atom. The van der Waals surface area contributed by atoms with Crippen molar-refractivity contribution < 1.29 is 4.74 Å². The maximum Gasteiger partial charge on any atom is 0.242 e. The van der Waals surface area contributed by atoms with E-state index in [1.54, 1.807) is 12.4 Å². The van der Waals surface area contributed by atoms with Gasteiger partial charge >= 0.3 is 0 Å². The molecule has 0 unspecified atom stereocenters. The van der Waals surface area contributed by atoms with Crippen molar-refractivity contribution in [3.8, 4) is 16.6 Å². The number of aromatic nitrogens is 4. The van der Waals surface area contributed by atoms with Gasteiger partial charge in [0.2, 0.25) is 11.0 Å². The molecule has 0 bridgehead atoms. The van der Waals surface area contributed by atoms with Crippen LogP contribution in [0.25, 0.3) is 10.7 Å². The van der Waals surface area contributed by atoms with Crippen molar-refractivity contribution >= 4 is 16.5 Å². The molecule has 2 N–H and O–H groups in total. The predicted octanol–water partition coefficient (Wildman–Crippen LogP) is 0.586. The summed E-state index contributed by atoms with van der Waals surface area (Å²) in [6.45, 7) is 0. The largest absolute Gasteiger partial charge is 0.479 e. The third kappa shape index (κ3) is 1.49. The smallest absolute Gasteiger partial charge is 0.242 e. The molecule has 0 amide bonds. The number of methoxy groups -OCH3 is 1. The Balaban J connectivity index is 2.50. The average Bonchev–Trinajstić information content (AvgIpc) is 2.65. The van der Waals surface area contributed by atoms with Crippen molar-refractivity contribution in [2.45, 2.75) is 0 Å². The van der Waals surface area contributed by atoms with E-state index in [1.807, 2.05) is 0 Å². The minimum Gasteiger partial charge on any atom is -0.479 e. The Bertz CT molecular complexity index is 443. The number of nitrogens with zero attached hydrogens (tertiary/aromatic N) is 4. The summed E-state index contributed by atoms with van der Waals surface area (Å²) < 4.78 is 5.03. The standard InChI is InChI=1S/C7H7N5OS/c1-13-5-4(9-2-3-10-5)6-11-12-7(8)14-6/h2-3H,1H3,(H2,8,12). The third-order valence-electron chi connectivity index (χ3n) is 1.50. The van der Waals surface area contributed by atoms with Crippen LogP contribution in [0.2, 0.25) is 0 Å². The quantitative estimate of drug-likeness (QED) is 0.778. The van der Waals surface area contributed by atoms with Crippen molar-refractivity contribution in [2.24, 2.45) is 0 Å². The van der Waals surface area contributed by atoms with E-state index < -0.39 is 0 Å². The Kier molecular flexibility index (Phi) is 2.23. The second-order valence-electron chi connectivity index (χ2n) is 2.36. The van der Waals surface area contributed by atoms with Crippen molar-refractivity contribution in [3.05, 3.63) is 12.4 Å². The van der Waals surface area contributed by atoms with Crippen LogP contribution in [0.15, 0.2) is 12.4 Å². The van der Waals surface area contributed by atoms with Crippen molar-refractivity contribution in [3.63, 3.8) is 0 Å².